The minimum absolute atomic E-state index is 0.150. The number of carbonyl (C=O) groups is 3. The van der Waals surface area contributed by atoms with Gasteiger partial charge in [0, 0.05) is 12.5 Å². The zero-order valence-electron chi connectivity index (χ0n) is 12.4. The number of aldehydes is 1. The van der Waals surface area contributed by atoms with Crippen LogP contribution in [-0.2, 0) is 23.8 Å². The molecule has 0 aromatic heterocycles. The van der Waals surface area contributed by atoms with Crippen molar-refractivity contribution in [1.29, 1.82) is 0 Å². The van der Waals surface area contributed by atoms with Gasteiger partial charge in [-0.3, -0.25) is 4.79 Å². The van der Waals surface area contributed by atoms with E-state index < -0.39 is 23.6 Å². The summed E-state index contributed by atoms with van der Waals surface area (Å²) in [4.78, 5) is 39.4. The van der Waals surface area contributed by atoms with Gasteiger partial charge in [0.1, 0.15) is 6.29 Å². The summed E-state index contributed by atoms with van der Waals surface area (Å²) in [5.41, 5.74) is -1.15. The highest BCUT2D eigenvalue weighted by atomic mass is 16.6. The van der Waals surface area contributed by atoms with E-state index in [0.29, 0.717) is 17.4 Å². The quantitative estimate of drug-likeness (QED) is 0.469. The van der Waals surface area contributed by atoms with Crippen molar-refractivity contribution >= 4 is 24.1 Å². The molecule has 0 spiro atoms. The first-order valence-corrected chi connectivity index (χ1v) is 6.44. The van der Waals surface area contributed by atoms with Crippen LogP contribution in [0, 0.1) is 0 Å². The molecule has 7 heteroatoms. The van der Waals surface area contributed by atoms with Gasteiger partial charge < -0.3 is 14.2 Å². The van der Waals surface area contributed by atoms with Crippen molar-refractivity contribution < 1.29 is 28.6 Å². The van der Waals surface area contributed by atoms with Gasteiger partial charge in [0.2, 0.25) is 0 Å². The summed E-state index contributed by atoms with van der Waals surface area (Å²) in [5, 5.41) is 0. The molecule has 0 N–H and O–H groups in total. The molecule has 1 aromatic carbocycles. The highest BCUT2D eigenvalue weighted by molar-refractivity contribution is 6.09. The van der Waals surface area contributed by atoms with Crippen LogP contribution in [0.15, 0.2) is 29.3 Å². The Morgan fingerprint density at radius 2 is 1.91 bits per heavy atom. The molecule has 22 heavy (non-hydrogen) atoms. The second-order valence-corrected chi connectivity index (χ2v) is 4.67. The van der Waals surface area contributed by atoms with E-state index in [1.54, 1.807) is 18.2 Å². The van der Waals surface area contributed by atoms with Crippen molar-refractivity contribution in [3.05, 3.63) is 35.4 Å². The summed E-state index contributed by atoms with van der Waals surface area (Å²) >= 11 is 0. The number of esters is 2. The lowest BCUT2D eigenvalue weighted by Gasteiger charge is -2.26. The molecule has 0 bridgehead atoms. The SMILES string of the molecule is COC(=O)C1(C(=O)OC)N=C(C)OC1c1cccc(C=O)c1. The molecule has 0 amide bonds. The van der Waals surface area contributed by atoms with Crippen LogP contribution in [0.4, 0.5) is 0 Å². The van der Waals surface area contributed by atoms with Crippen LogP contribution in [0.5, 0.6) is 0 Å². The molecule has 0 saturated carbocycles. The number of hydrogen-bond donors (Lipinski definition) is 0. The van der Waals surface area contributed by atoms with Crippen LogP contribution in [0.1, 0.15) is 28.9 Å². The average Bonchev–Trinajstić information content (AvgIpc) is 2.91. The maximum atomic E-state index is 12.2. The minimum Gasteiger partial charge on any atom is -0.469 e. The maximum absolute atomic E-state index is 12.2. The first-order chi connectivity index (χ1) is 10.5. The number of rotatable bonds is 4. The van der Waals surface area contributed by atoms with Crippen LogP contribution >= 0.6 is 0 Å². The topological polar surface area (TPSA) is 91.3 Å². The molecule has 1 unspecified atom stereocenters. The fraction of sp³-hybridized carbons (Fsp3) is 0.333. The van der Waals surface area contributed by atoms with E-state index in [0.717, 1.165) is 14.2 Å². The maximum Gasteiger partial charge on any atom is 0.350 e. The third-order valence-corrected chi connectivity index (χ3v) is 3.34. The number of carbonyl (C=O) groups excluding carboxylic acids is 3. The number of nitrogens with zero attached hydrogens (tertiary/aromatic N) is 1. The van der Waals surface area contributed by atoms with Crippen molar-refractivity contribution in [2.24, 2.45) is 4.99 Å². The molecular weight excluding hydrogens is 290 g/mol. The average molecular weight is 305 g/mol. The Hall–Kier alpha value is -2.70. The zero-order valence-corrected chi connectivity index (χ0v) is 12.4. The molecule has 1 heterocycles. The molecule has 0 saturated heterocycles. The van der Waals surface area contributed by atoms with E-state index in [9.17, 15) is 14.4 Å². The van der Waals surface area contributed by atoms with Gasteiger partial charge in [0.25, 0.3) is 5.54 Å². The summed E-state index contributed by atoms with van der Waals surface area (Å²) in [5.74, 6) is -1.63. The molecule has 0 aliphatic carbocycles. The minimum atomic E-state index is -1.98. The van der Waals surface area contributed by atoms with Crippen molar-refractivity contribution in [3.63, 3.8) is 0 Å². The van der Waals surface area contributed by atoms with Gasteiger partial charge in [-0.1, -0.05) is 18.2 Å². The molecule has 2 rings (SSSR count). The predicted molar refractivity (Wildman–Crippen MR) is 75.5 cm³/mol. The number of methoxy groups -OCH3 is 2. The van der Waals surface area contributed by atoms with Crippen molar-refractivity contribution in [3.8, 4) is 0 Å². The number of benzene rings is 1. The zero-order chi connectivity index (χ0) is 16.3. The normalized spacial score (nSPS) is 18.9. The van der Waals surface area contributed by atoms with Crippen LogP contribution < -0.4 is 0 Å². The van der Waals surface area contributed by atoms with E-state index in [2.05, 4.69) is 4.99 Å². The Bertz CT molecular complexity index is 635. The highest BCUT2D eigenvalue weighted by Gasteiger charge is 2.60. The largest absolute Gasteiger partial charge is 0.469 e. The van der Waals surface area contributed by atoms with E-state index in [4.69, 9.17) is 14.2 Å². The van der Waals surface area contributed by atoms with Gasteiger partial charge in [-0.25, -0.2) is 14.6 Å². The van der Waals surface area contributed by atoms with E-state index in [1.165, 1.54) is 13.0 Å². The molecular formula is C15H15NO6. The third-order valence-electron chi connectivity index (χ3n) is 3.34. The molecule has 1 aliphatic rings. The lowest BCUT2D eigenvalue weighted by atomic mass is 9.88. The van der Waals surface area contributed by atoms with E-state index >= 15 is 0 Å². The summed E-state index contributed by atoms with van der Waals surface area (Å²) < 4.78 is 15.0. The second-order valence-electron chi connectivity index (χ2n) is 4.67. The molecule has 0 radical (unpaired) electrons. The number of ether oxygens (including phenoxy) is 3. The summed E-state index contributed by atoms with van der Waals surface area (Å²) in [6, 6.07) is 6.37. The Kier molecular flexibility index (Phi) is 4.25. The summed E-state index contributed by atoms with van der Waals surface area (Å²) in [6.07, 6.45) is -0.406. The van der Waals surface area contributed by atoms with Gasteiger partial charge in [-0.05, 0) is 11.6 Å². The Labute approximate surface area is 126 Å². The number of hydrogen-bond acceptors (Lipinski definition) is 7. The fourth-order valence-corrected chi connectivity index (χ4v) is 2.39. The molecule has 1 atom stereocenters. The van der Waals surface area contributed by atoms with Crippen LogP contribution in [0.3, 0.4) is 0 Å². The van der Waals surface area contributed by atoms with Crippen LogP contribution in [0.2, 0.25) is 0 Å². The fourth-order valence-electron chi connectivity index (χ4n) is 2.39. The monoisotopic (exact) mass is 305 g/mol. The third kappa shape index (κ3) is 2.34. The first kappa shape index (κ1) is 15.7. The first-order valence-electron chi connectivity index (χ1n) is 6.44. The van der Waals surface area contributed by atoms with Crippen molar-refractivity contribution in [2.75, 3.05) is 14.2 Å². The smallest absolute Gasteiger partial charge is 0.350 e. The Morgan fingerprint density at radius 1 is 1.27 bits per heavy atom. The molecule has 1 aromatic rings. The van der Waals surface area contributed by atoms with Gasteiger partial charge in [0.05, 0.1) is 14.2 Å². The van der Waals surface area contributed by atoms with Gasteiger partial charge in [-0.2, -0.15) is 0 Å². The summed E-state index contributed by atoms with van der Waals surface area (Å²) in [7, 11) is 2.30. The molecule has 0 fully saturated rings. The van der Waals surface area contributed by atoms with Gasteiger partial charge >= 0.3 is 11.9 Å². The Balaban J connectivity index is 2.59. The van der Waals surface area contributed by atoms with Crippen LogP contribution in [0.25, 0.3) is 0 Å². The highest BCUT2D eigenvalue weighted by Crippen LogP contribution is 2.40. The molecule has 116 valence electrons. The second kappa shape index (κ2) is 5.97. The van der Waals surface area contributed by atoms with E-state index in [1.807, 2.05) is 0 Å². The summed E-state index contributed by atoms with van der Waals surface area (Å²) in [6.45, 7) is 1.52. The van der Waals surface area contributed by atoms with E-state index in [-0.39, 0.29) is 5.90 Å². The van der Waals surface area contributed by atoms with Crippen molar-refractivity contribution in [1.82, 2.24) is 0 Å². The molecule has 7 nitrogen and oxygen atoms in total. The van der Waals surface area contributed by atoms with Crippen LogP contribution in [-0.4, -0.2) is 43.9 Å². The van der Waals surface area contributed by atoms with Gasteiger partial charge in [-0.15, -0.1) is 0 Å². The Morgan fingerprint density at radius 3 is 2.45 bits per heavy atom. The predicted octanol–water partition coefficient (Wildman–Crippen LogP) is 1.07. The lowest BCUT2D eigenvalue weighted by Crippen LogP contribution is -2.49. The lowest BCUT2D eigenvalue weighted by molar-refractivity contribution is -0.164. The molecule has 1 aliphatic heterocycles. The standard InChI is InChI=1S/C15H15NO6/c1-9-16-15(13(18)20-2,14(19)21-3)12(22-9)11-6-4-5-10(7-11)8-17/h4-8,12H,1-3H3. The van der Waals surface area contributed by atoms with Crippen molar-refractivity contribution in [2.45, 2.75) is 18.6 Å². The number of aliphatic imine (C=N–C) groups is 1. The van der Waals surface area contributed by atoms with Gasteiger partial charge in [0.15, 0.2) is 12.0 Å².